The van der Waals surface area contributed by atoms with E-state index >= 15 is 0 Å². The van der Waals surface area contributed by atoms with Gasteiger partial charge < -0.3 is 10.0 Å². The maximum absolute atomic E-state index is 11.8. The topological polar surface area (TPSA) is 95.4 Å². The summed E-state index contributed by atoms with van der Waals surface area (Å²) in [7, 11) is 1.52. The highest BCUT2D eigenvalue weighted by molar-refractivity contribution is 5.75. The van der Waals surface area contributed by atoms with Gasteiger partial charge in [-0.25, -0.2) is 4.68 Å². The van der Waals surface area contributed by atoms with Gasteiger partial charge in [0.25, 0.3) is 11.1 Å². The Morgan fingerprint density at radius 2 is 2.06 bits per heavy atom. The zero-order chi connectivity index (χ0) is 13.9. The van der Waals surface area contributed by atoms with E-state index in [4.69, 9.17) is 0 Å². The van der Waals surface area contributed by atoms with Crippen molar-refractivity contribution in [3.8, 4) is 0 Å². The van der Waals surface area contributed by atoms with E-state index in [0.29, 0.717) is 0 Å². The van der Waals surface area contributed by atoms with Crippen molar-refractivity contribution in [3.05, 3.63) is 32.8 Å². The Balaban J connectivity index is 2.79. The molecule has 1 aromatic rings. The van der Waals surface area contributed by atoms with Gasteiger partial charge in [-0.05, 0) is 13.8 Å². The number of hydrogen-bond acceptors (Lipinski definition) is 4. The molecular weight excluding hydrogens is 238 g/mol. The Kier molecular flexibility index (Phi) is 4.07. The summed E-state index contributed by atoms with van der Waals surface area (Å²) in [6.45, 7) is 3.03. The maximum atomic E-state index is 11.8. The Hall–Kier alpha value is -1.89. The molecule has 0 saturated heterocycles. The molecule has 1 heterocycles. The number of aromatic nitrogens is 2. The number of nitrogens with one attached hydrogen (secondary N) is 1. The second-order valence-corrected chi connectivity index (χ2v) is 4.80. The summed E-state index contributed by atoms with van der Waals surface area (Å²) in [5.74, 6) is -0.374. The highest BCUT2D eigenvalue weighted by atomic mass is 16.3. The van der Waals surface area contributed by atoms with Crippen molar-refractivity contribution in [2.45, 2.75) is 26.0 Å². The van der Waals surface area contributed by atoms with E-state index < -0.39 is 16.7 Å². The minimum absolute atomic E-state index is 0.137. The molecule has 100 valence electrons. The standard InChI is InChI=1S/C11H17N3O4/c1-11(2,18)7-13(3)10(17)6-14-9(16)5-4-8(15)12-14/h4-5,18H,6-7H2,1-3H3,(H,12,15). The van der Waals surface area contributed by atoms with Crippen LogP contribution >= 0.6 is 0 Å². The lowest BCUT2D eigenvalue weighted by Crippen LogP contribution is -2.43. The fourth-order valence-electron chi connectivity index (χ4n) is 1.50. The number of carbonyl (C=O) groups is 1. The second-order valence-electron chi connectivity index (χ2n) is 4.80. The summed E-state index contributed by atoms with van der Waals surface area (Å²) >= 11 is 0. The first-order valence-corrected chi connectivity index (χ1v) is 5.45. The Labute approximate surface area is 104 Å². The van der Waals surface area contributed by atoms with Crippen molar-refractivity contribution in [1.82, 2.24) is 14.7 Å². The van der Waals surface area contributed by atoms with Crippen LogP contribution in [-0.4, -0.2) is 44.9 Å². The number of amides is 1. The molecule has 0 aliphatic rings. The molecule has 0 saturated carbocycles. The van der Waals surface area contributed by atoms with Gasteiger partial charge in [-0.15, -0.1) is 0 Å². The van der Waals surface area contributed by atoms with Crippen molar-refractivity contribution in [3.63, 3.8) is 0 Å². The molecule has 0 radical (unpaired) electrons. The normalized spacial score (nSPS) is 11.3. The molecule has 7 nitrogen and oxygen atoms in total. The first-order chi connectivity index (χ1) is 8.19. The summed E-state index contributed by atoms with van der Waals surface area (Å²) in [6, 6.07) is 2.20. The van der Waals surface area contributed by atoms with E-state index in [-0.39, 0.29) is 19.0 Å². The largest absolute Gasteiger partial charge is 0.389 e. The number of aliphatic hydroxyl groups is 1. The summed E-state index contributed by atoms with van der Waals surface area (Å²) in [6.07, 6.45) is 0. The number of carbonyl (C=O) groups excluding carboxylic acids is 1. The van der Waals surface area contributed by atoms with E-state index in [1.807, 2.05) is 0 Å². The molecule has 1 amide bonds. The number of aromatic amines is 1. The molecule has 1 aromatic heterocycles. The van der Waals surface area contributed by atoms with Gasteiger partial charge in [0.2, 0.25) is 5.91 Å². The molecule has 0 atom stereocenters. The Bertz CT molecular complexity index is 538. The molecule has 0 fully saturated rings. The van der Waals surface area contributed by atoms with Gasteiger partial charge in [0.1, 0.15) is 6.54 Å². The van der Waals surface area contributed by atoms with Crippen LogP contribution in [0.25, 0.3) is 0 Å². The van der Waals surface area contributed by atoms with Gasteiger partial charge in [0.15, 0.2) is 0 Å². The zero-order valence-electron chi connectivity index (χ0n) is 10.6. The third-order valence-corrected chi connectivity index (χ3v) is 2.23. The highest BCUT2D eigenvalue weighted by Gasteiger charge is 2.19. The van der Waals surface area contributed by atoms with Gasteiger partial charge in [0, 0.05) is 25.7 Å². The van der Waals surface area contributed by atoms with E-state index in [0.717, 1.165) is 16.8 Å². The lowest BCUT2D eigenvalue weighted by molar-refractivity contribution is -0.133. The molecule has 0 aliphatic heterocycles. The molecule has 2 N–H and O–H groups in total. The highest BCUT2D eigenvalue weighted by Crippen LogP contribution is 2.03. The molecule has 0 aliphatic carbocycles. The second kappa shape index (κ2) is 5.18. The van der Waals surface area contributed by atoms with Gasteiger partial charge in [0.05, 0.1) is 5.60 Å². The molecule has 0 bridgehead atoms. The smallest absolute Gasteiger partial charge is 0.265 e. The molecule has 7 heteroatoms. The predicted molar refractivity (Wildman–Crippen MR) is 65.3 cm³/mol. The van der Waals surface area contributed by atoms with Gasteiger partial charge in [-0.1, -0.05) is 0 Å². The van der Waals surface area contributed by atoms with Crippen LogP contribution in [0.15, 0.2) is 21.7 Å². The van der Waals surface area contributed by atoms with Crippen LogP contribution in [-0.2, 0) is 11.3 Å². The third kappa shape index (κ3) is 4.17. The minimum atomic E-state index is -1.01. The van der Waals surface area contributed by atoms with Crippen molar-refractivity contribution in [2.24, 2.45) is 0 Å². The molecule has 18 heavy (non-hydrogen) atoms. The summed E-state index contributed by atoms with van der Waals surface area (Å²) < 4.78 is 0.936. The number of H-pyrrole nitrogens is 1. The zero-order valence-corrected chi connectivity index (χ0v) is 10.6. The fraction of sp³-hybridized carbons (Fsp3) is 0.545. The lowest BCUT2D eigenvalue weighted by atomic mass is 10.1. The monoisotopic (exact) mass is 255 g/mol. The number of hydrogen-bond donors (Lipinski definition) is 2. The third-order valence-electron chi connectivity index (χ3n) is 2.23. The van der Waals surface area contributed by atoms with Crippen LogP contribution in [0, 0.1) is 0 Å². The quantitative estimate of drug-likeness (QED) is 0.704. The van der Waals surface area contributed by atoms with Crippen molar-refractivity contribution < 1.29 is 9.90 Å². The average molecular weight is 255 g/mol. The molecule has 0 unspecified atom stereocenters. The summed E-state index contributed by atoms with van der Waals surface area (Å²) in [5, 5.41) is 11.8. The average Bonchev–Trinajstić information content (AvgIpc) is 2.21. The molecule has 0 spiro atoms. The molecule has 1 rings (SSSR count). The fourth-order valence-corrected chi connectivity index (χ4v) is 1.50. The summed E-state index contributed by atoms with van der Waals surface area (Å²) in [4.78, 5) is 35.5. The minimum Gasteiger partial charge on any atom is -0.389 e. The van der Waals surface area contributed by atoms with Crippen molar-refractivity contribution in [1.29, 1.82) is 0 Å². The van der Waals surface area contributed by atoms with Gasteiger partial charge in [-0.2, -0.15) is 0 Å². The SMILES string of the molecule is CN(CC(C)(C)O)C(=O)Cn1[nH]c(=O)ccc1=O. The van der Waals surface area contributed by atoms with Crippen LogP contribution in [0.4, 0.5) is 0 Å². The maximum Gasteiger partial charge on any atom is 0.265 e. The number of rotatable bonds is 4. The van der Waals surface area contributed by atoms with Crippen molar-refractivity contribution >= 4 is 5.91 Å². The van der Waals surface area contributed by atoms with Gasteiger partial charge in [-0.3, -0.25) is 19.5 Å². The van der Waals surface area contributed by atoms with Crippen LogP contribution < -0.4 is 11.1 Å². The van der Waals surface area contributed by atoms with Crippen LogP contribution in [0.2, 0.25) is 0 Å². The molecular formula is C11H17N3O4. The van der Waals surface area contributed by atoms with Gasteiger partial charge >= 0.3 is 0 Å². The van der Waals surface area contributed by atoms with Crippen LogP contribution in [0.1, 0.15) is 13.8 Å². The van der Waals surface area contributed by atoms with E-state index in [9.17, 15) is 19.5 Å². The van der Waals surface area contributed by atoms with E-state index in [1.165, 1.54) is 11.9 Å². The Morgan fingerprint density at radius 3 is 2.61 bits per heavy atom. The molecule has 0 aromatic carbocycles. The first kappa shape index (κ1) is 14.2. The van der Waals surface area contributed by atoms with E-state index in [2.05, 4.69) is 5.10 Å². The predicted octanol–water partition coefficient (Wildman–Crippen LogP) is -1.23. The van der Waals surface area contributed by atoms with Crippen LogP contribution in [0.5, 0.6) is 0 Å². The Morgan fingerprint density at radius 1 is 1.44 bits per heavy atom. The van der Waals surface area contributed by atoms with E-state index in [1.54, 1.807) is 13.8 Å². The van der Waals surface area contributed by atoms with Crippen molar-refractivity contribution in [2.75, 3.05) is 13.6 Å². The number of likely N-dealkylation sites (N-methyl/N-ethyl adjacent to an activating group) is 1. The first-order valence-electron chi connectivity index (χ1n) is 5.45. The summed E-state index contributed by atoms with van der Waals surface area (Å²) in [5.41, 5.74) is -1.92. The van der Waals surface area contributed by atoms with Crippen LogP contribution in [0.3, 0.4) is 0 Å². The number of nitrogens with zero attached hydrogens (tertiary/aromatic N) is 2. The lowest BCUT2D eigenvalue weighted by Gasteiger charge is -2.25.